The van der Waals surface area contributed by atoms with Crippen molar-refractivity contribution in [3.63, 3.8) is 0 Å². The maximum atomic E-state index is 12.9. The molecule has 1 aliphatic rings. The molecule has 2 amide bonds. The van der Waals surface area contributed by atoms with Gasteiger partial charge < -0.3 is 20.1 Å². The lowest BCUT2D eigenvalue weighted by molar-refractivity contribution is -0.114. The van der Waals surface area contributed by atoms with Gasteiger partial charge in [-0.15, -0.1) is 0 Å². The van der Waals surface area contributed by atoms with Gasteiger partial charge in [0.05, 0.1) is 37.3 Å². The van der Waals surface area contributed by atoms with Crippen molar-refractivity contribution >= 4 is 37.5 Å². The number of sulfonamides is 1. The lowest BCUT2D eigenvalue weighted by Gasteiger charge is -2.21. The summed E-state index contributed by atoms with van der Waals surface area (Å²) in [5, 5.41) is 4.84. The Bertz CT molecular complexity index is 991. The van der Waals surface area contributed by atoms with Crippen LogP contribution in [0.15, 0.2) is 23.1 Å². The number of amides is 2. The molecule has 0 saturated carbocycles. The molecule has 11 nitrogen and oxygen atoms in total. The minimum atomic E-state index is -4.26. The minimum absolute atomic E-state index is 0.00218. The Morgan fingerprint density at radius 1 is 1.21 bits per heavy atom. The molecular formula is C16H23N3O8S2. The molecule has 1 saturated heterocycles. The van der Waals surface area contributed by atoms with Gasteiger partial charge in [0.2, 0.25) is 15.9 Å². The average Bonchev–Trinajstić information content (AvgIpc) is 2.87. The Hall–Kier alpha value is -2.38. The van der Waals surface area contributed by atoms with E-state index in [0.29, 0.717) is 0 Å². The summed E-state index contributed by atoms with van der Waals surface area (Å²) in [7, 11) is -6.57. The third-order valence-electron chi connectivity index (χ3n) is 4.01. The second-order valence-corrected chi connectivity index (χ2v) is 10.2. The number of carbonyl (C=O) groups is 2. The van der Waals surface area contributed by atoms with Gasteiger partial charge in [0.15, 0.2) is 9.84 Å². The summed E-state index contributed by atoms with van der Waals surface area (Å²) in [4.78, 5) is 22.6. The van der Waals surface area contributed by atoms with Crippen LogP contribution in [0.4, 0.5) is 10.5 Å². The summed E-state index contributed by atoms with van der Waals surface area (Å²) in [6.07, 6.45) is -0.843. The summed E-state index contributed by atoms with van der Waals surface area (Å²) in [6, 6.07) is 1.91. The van der Waals surface area contributed by atoms with E-state index in [2.05, 4.69) is 15.4 Å². The molecule has 0 radical (unpaired) electrons. The first kappa shape index (κ1) is 22.9. The highest BCUT2D eigenvalue weighted by Gasteiger charge is 2.41. The standard InChI is InChI=1S/C16H23N3O8S2/c1-4-27-16(21)18-12-8-28(22,23)9-13(12)19-29(24,25)15-7-11(17-10(2)20)5-6-14(15)26-3/h5-7,12-13,19H,4,8-9H2,1-3H3,(H,17,20)(H,18,21)/t12-,13-/m0/s1. The van der Waals surface area contributed by atoms with Gasteiger partial charge in [0.1, 0.15) is 10.6 Å². The van der Waals surface area contributed by atoms with Crippen LogP contribution in [0.2, 0.25) is 0 Å². The van der Waals surface area contributed by atoms with Crippen molar-refractivity contribution < 1.29 is 35.9 Å². The van der Waals surface area contributed by atoms with Crippen LogP contribution in [-0.4, -0.2) is 66.1 Å². The van der Waals surface area contributed by atoms with E-state index in [1.807, 2.05) is 0 Å². The van der Waals surface area contributed by atoms with Gasteiger partial charge in [-0.25, -0.2) is 26.4 Å². The number of anilines is 1. The van der Waals surface area contributed by atoms with E-state index in [0.717, 1.165) is 0 Å². The van der Waals surface area contributed by atoms with Crippen molar-refractivity contribution in [3.05, 3.63) is 18.2 Å². The monoisotopic (exact) mass is 449 g/mol. The Morgan fingerprint density at radius 2 is 1.86 bits per heavy atom. The van der Waals surface area contributed by atoms with Gasteiger partial charge in [-0.05, 0) is 25.1 Å². The summed E-state index contributed by atoms with van der Waals surface area (Å²) < 4.78 is 62.0. The summed E-state index contributed by atoms with van der Waals surface area (Å²) >= 11 is 0. The molecule has 2 atom stereocenters. The molecule has 2 rings (SSSR count). The second-order valence-electron chi connectivity index (χ2n) is 6.32. The largest absolute Gasteiger partial charge is 0.495 e. The Morgan fingerprint density at radius 3 is 2.45 bits per heavy atom. The molecule has 3 N–H and O–H groups in total. The molecule has 0 unspecified atom stereocenters. The van der Waals surface area contributed by atoms with Gasteiger partial charge in [0, 0.05) is 12.6 Å². The molecule has 1 fully saturated rings. The normalized spacial score (nSPS) is 20.7. The second kappa shape index (κ2) is 8.97. The number of rotatable bonds is 7. The SMILES string of the molecule is CCOC(=O)N[C@H]1CS(=O)(=O)C[C@@H]1NS(=O)(=O)c1cc(NC(C)=O)ccc1OC. The van der Waals surface area contributed by atoms with Crippen LogP contribution in [0.3, 0.4) is 0 Å². The van der Waals surface area contributed by atoms with Crippen molar-refractivity contribution in [3.8, 4) is 5.75 Å². The maximum Gasteiger partial charge on any atom is 0.407 e. The van der Waals surface area contributed by atoms with Crippen molar-refractivity contribution in [1.29, 1.82) is 0 Å². The fourth-order valence-electron chi connectivity index (χ4n) is 2.86. The Labute approximate surface area is 169 Å². The summed E-state index contributed by atoms with van der Waals surface area (Å²) in [5.41, 5.74) is 0.221. The zero-order chi connectivity index (χ0) is 21.8. The van der Waals surface area contributed by atoms with Crippen molar-refractivity contribution in [2.75, 3.05) is 30.5 Å². The zero-order valence-corrected chi connectivity index (χ0v) is 17.7. The number of hydrogen-bond acceptors (Lipinski definition) is 8. The van der Waals surface area contributed by atoms with E-state index in [9.17, 15) is 26.4 Å². The van der Waals surface area contributed by atoms with Crippen molar-refractivity contribution in [2.45, 2.75) is 30.8 Å². The van der Waals surface area contributed by atoms with Crippen LogP contribution in [-0.2, 0) is 29.4 Å². The third kappa shape index (κ3) is 6.05. The Balaban J connectivity index is 2.33. The molecule has 0 aromatic heterocycles. The zero-order valence-electron chi connectivity index (χ0n) is 16.1. The first-order chi connectivity index (χ1) is 13.5. The highest BCUT2D eigenvalue weighted by atomic mass is 32.2. The number of hydrogen-bond donors (Lipinski definition) is 3. The topological polar surface area (TPSA) is 157 Å². The van der Waals surface area contributed by atoms with Gasteiger partial charge in [-0.2, -0.15) is 0 Å². The number of alkyl carbamates (subject to hydrolysis) is 1. The molecule has 0 spiro atoms. The molecular weight excluding hydrogens is 426 g/mol. The molecule has 162 valence electrons. The number of sulfone groups is 1. The fraction of sp³-hybridized carbons (Fsp3) is 0.500. The van der Waals surface area contributed by atoms with E-state index in [4.69, 9.17) is 9.47 Å². The average molecular weight is 450 g/mol. The third-order valence-corrected chi connectivity index (χ3v) is 7.26. The quantitative estimate of drug-likeness (QED) is 0.518. The highest BCUT2D eigenvalue weighted by Crippen LogP contribution is 2.28. The fourth-order valence-corrected chi connectivity index (χ4v) is 6.30. The molecule has 29 heavy (non-hydrogen) atoms. The first-order valence-electron chi connectivity index (χ1n) is 8.59. The molecule has 1 heterocycles. The highest BCUT2D eigenvalue weighted by molar-refractivity contribution is 7.92. The molecule has 1 aromatic carbocycles. The van der Waals surface area contributed by atoms with Crippen LogP contribution >= 0.6 is 0 Å². The van der Waals surface area contributed by atoms with Gasteiger partial charge in [-0.3, -0.25) is 4.79 Å². The number of ether oxygens (including phenoxy) is 2. The van der Waals surface area contributed by atoms with E-state index < -0.39 is 55.5 Å². The smallest absolute Gasteiger partial charge is 0.407 e. The van der Waals surface area contributed by atoms with Crippen LogP contribution < -0.4 is 20.1 Å². The molecule has 0 bridgehead atoms. The molecule has 1 aromatic rings. The van der Waals surface area contributed by atoms with Crippen LogP contribution in [0, 0.1) is 0 Å². The van der Waals surface area contributed by atoms with Gasteiger partial charge in [-0.1, -0.05) is 0 Å². The summed E-state index contributed by atoms with van der Waals surface area (Å²) in [6.45, 7) is 2.93. The van der Waals surface area contributed by atoms with Crippen LogP contribution in [0.1, 0.15) is 13.8 Å². The maximum absolute atomic E-state index is 12.9. The van der Waals surface area contributed by atoms with Crippen LogP contribution in [0.25, 0.3) is 0 Å². The van der Waals surface area contributed by atoms with Gasteiger partial charge in [0.25, 0.3) is 0 Å². The van der Waals surface area contributed by atoms with E-state index in [-0.39, 0.29) is 22.9 Å². The number of methoxy groups -OCH3 is 1. The molecule has 13 heteroatoms. The molecule has 1 aliphatic heterocycles. The predicted octanol–water partition coefficient (Wildman–Crippen LogP) is -0.156. The summed E-state index contributed by atoms with van der Waals surface area (Å²) in [5.74, 6) is -1.31. The lowest BCUT2D eigenvalue weighted by atomic mass is 10.2. The van der Waals surface area contributed by atoms with E-state index in [1.165, 1.54) is 32.2 Å². The molecule has 0 aliphatic carbocycles. The van der Waals surface area contributed by atoms with Crippen LogP contribution in [0.5, 0.6) is 5.75 Å². The lowest BCUT2D eigenvalue weighted by Crippen LogP contribution is -2.51. The number of benzene rings is 1. The van der Waals surface area contributed by atoms with Crippen molar-refractivity contribution in [2.24, 2.45) is 0 Å². The van der Waals surface area contributed by atoms with E-state index >= 15 is 0 Å². The number of carbonyl (C=O) groups excluding carboxylic acids is 2. The van der Waals surface area contributed by atoms with Crippen molar-refractivity contribution in [1.82, 2.24) is 10.0 Å². The Kier molecular flexibility index (Phi) is 7.08. The van der Waals surface area contributed by atoms with E-state index in [1.54, 1.807) is 6.92 Å². The number of nitrogens with one attached hydrogen (secondary N) is 3. The predicted molar refractivity (Wildman–Crippen MR) is 104 cm³/mol. The first-order valence-corrected chi connectivity index (χ1v) is 11.9. The van der Waals surface area contributed by atoms with Gasteiger partial charge >= 0.3 is 6.09 Å². The minimum Gasteiger partial charge on any atom is -0.495 e.